The van der Waals surface area contributed by atoms with Crippen LogP contribution in [0.25, 0.3) is 0 Å². The third-order valence-electron chi connectivity index (χ3n) is 4.68. The first-order chi connectivity index (χ1) is 8.72. The molecular weight excluding hydrogens is 256 g/mol. The Kier molecular flexibility index (Phi) is 4.88. The zero-order valence-electron chi connectivity index (χ0n) is 12.0. The molecule has 1 N–H and O–H groups in total. The highest BCUT2D eigenvalue weighted by Crippen LogP contribution is 2.27. The lowest BCUT2D eigenvalue weighted by Crippen LogP contribution is -2.39. The summed E-state index contributed by atoms with van der Waals surface area (Å²) in [7, 11) is 0. The molecule has 0 aromatic heterocycles. The maximum Gasteiger partial charge on any atom is 0.0236 e. The van der Waals surface area contributed by atoms with Gasteiger partial charge >= 0.3 is 0 Å². The second kappa shape index (κ2) is 6.25. The number of rotatable bonds is 2. The van der Waals surface area contributed by atoms with Crippen molar-refractivity contribution in [2.24, 2.45) is 11.8 Å². The number of piperidine rings is 1. The number of fused-ring (bicyclic) bond motifs is 1. The Morgan fingerprint density at radius 2 is 2.00 bits per heavy atom. The van der Waals surface area contributed by atoms with Crippen molar-refractivity contribution in [3.63, 3.8) is 0 Å². The second-order valence-corrected chi connectivity index (χ2v) is 6.13. The Bertz CT molecular complexity index is 433. The van der Waals surface area contributed by atoms with E-state index in [0.717, 1.165) is 18.4 Å². The number of nitrogens with one attached hydrogen (secondary N) is 1. The van der Waals surface area contributed by atoms with Gasteiger partial charge in [0.2, 0.25) is 0 Å². The molecule has 2 aliphatic rings. The highest BCUT2D eigenvalue weighted by atomic mass is 35.5. The van der Waals surface area contributed by atoms with Gasteiger partial charge in [-0.05, 0) is 62.9 Å². The highest BCUT2D eigenvalue weighted by Gasteiger charge is 2.32. The molecule has 19 heavy (non-hydrogen) atoms. The summed E-state index contributed by atoms with van der Waals surface area (Å²) in [6.07, 6.45) is 1.38. The fourth-order valence-electron chi connectivity index (χ4n) is 3.52. The van der Waals surface area contributed by atoms with Gasteiger partial charge in [-0.1, -0.05) is 23.8 Å². The number of hydrogen-bond donors (Lipinski definition) is 1. The van der Waals surface area contributed by atoms with Crippen LogP contribution in [0.3, 0.4) is 0 Å². The third-order valence-corrected chi connectivity index (χ3v) is 4.68. The molecule has 1 aromatic rings. The molecule has 2 unspecified atom stereocenters. The van der Waals surface area contributed by atoms with E-state index in [0.29, 0.717) is 0 Å². The van der Waals surface area contributed by atoms with E-state index in [2.05, 4.69) is 42.3 Å². The summed E-state index contributed by atoms with van der Waals surface area (Å²) in [5.41, 5.74) is 4.32. The van der Waals surface area contributed by atoms with E-state index in [4.69, 9.17) is 0 Å². The molecule has 0 amide bonds. The van der Waals surface area contributed by atoms with Crippen LogP contribution in [0.4, 0.5) is 0 Å². The van der Waals surface area contributed by atoms with Gasteiger partial charge in [-0.3, -0.25) is 4.90 Å². The molecular formula is C16H25ClN2. The molecule has 2 fully saturated rings. The molecule has 2 nitrogen and oxygen atoms in total. The summed E-state index contributed by atoms with van der Waals surface area (Å²) in [4.78, 5) is 2.64. The predicted octanol–water partition coefficient (Wildman–Crippen LogP) is 2.77. The molecule has 3 rings (SSSR count). The topological polar surface area (TPSA) is 15.3 Å². The molecule has 0 saturated carbocycles. The number of halogens is 1. The van der Waals surface area contributed by atoms with Crippen molar-refractivity contribution in [1.82, 2.24) is 10.2 Å². The lowest BCUT2D eigenvalue weighted by Gasteiger charge is -2.34. The van der Waals surface area contributed by atoms with Crippen molar-refractivity contribution in [3.05, 3.63) is 34.9 Å². The van der Waals surface area contributed by atoms with Crippen LogP contribution in [-0.4, -0.2) is 31.1 Å². The van der Waals surface area contributed by atoms with Crippen LogP contribution in [0.15, 0.2) is 18.2 Å². The smallest absolute Gasteiger partial charge is 0.0236 e. The largest absolute Gasteiger partial charge is 0.316 e. The molecule has 1 aromatic carbocycles. The number of hydrogen-bond acceptors (Lipinski definition) is 2. The van der Waals surface area contributed by atoms with Gasteiger partial charge in [-0.2, -0.15) is 0 Å². The van der Waals surface area contributed by atoms with Crippen molar-refractivity contribution in [1.29, 1.82) is 0 Å². The minimum atomic E-state index is 0. The van der Waals surface area contributed by atoms with Gasteiger partial charge in [0.25, 0.3) is 0 Å². The quantitative estimate of drug-likeness (QED) is 0.896. The van der Waals surface area contributed by atoms with E-state index in [1.165, 1.54) is 49.3 Å². The molecule has 2 heterocycles. The van der Waals surface area contributed by atoms with Gasteiger partial charge in [0, 0.05) is 13.1 Å². The molecule has 2 atom stereocenters. The minimum absolute atomic E-state index is 0. The summed E-state index contributed by atoms with van der Waals surface area (Å²) < 4.78 is 0. The summed E-state index contributed by atoms with van der Waals surface area (Å²) in [5, 5.41) is 3.54. The van der Waals surface area contributed by atoms with Gasteiger partial charge in [-0.25, -0.2) is 0 Å². The molecule has 0 bridgehead atoms. The van der Waals surface area contributed by atoms with Crippen LogP contribution in [0.2, 0.25) is 0 Å². The van der Waals surface area contributed by atoms with E-state index in [1.54, 1.807) is 0 Å². The molecule has 3 heteroatoms. The molecule has 2 aliphatic heterocycles. The molecule has 0 radical (unpaired) electrons. The maximum absolute atomic E-state index is 3.54. The van der Waals surface area contributed by atoms with Crippen molar-refractivity contribution in [2.45, 2.75) is 26.8 Å². The van der Waals surface area contributed by atoms with Crippen molar-refractivity contribution < 1.29 is 0 Å². The van der Waals surface area contributed by atoms with Crippen LogP contribution >= 0.6 is 12.4 Å². The van der Waals surface area contributed by atoms with E-state index in [1.807, 2.05) is 0 Å². The minimum Gasteiger partial charge on any atom is -0.316 e. The molecule has 106 valence electrons. The maximum atomic E-state index is 3.54. The van der Waals surface area contributed by atoms with Crippen LogP contribution in [0.5, 0.6) is 0 Å². The Morgan fingerprint density at radius 3 is 2.79 bits per heavy atom. The van der Waals surface area contributed by atoms with Crippen LogP contribution < -0.4 is 5.32 Å². The normalized spacial score (nSPS) is 26.8. The summed E-state index contributed by atoms with van der Waals surface area (Å²) in [5.74, 6) is 1.84. The van der Waals surface area contributed by atoms with E-state index in [-0.39, 0.29) is 12.4 Å². The monoisotopic (exact) mass is 280 g/mol. The zero-order valence-corrected chi connectivity index (χ0v) is 12.8. The van der Waals surface area contributed by atoms with Crippen LogP contribution in [0, 0.1) is 25.7 Å². The Hall–Kier alpha value is -0.570. The number of nitrogens with zero attached hydrogens (tertiary/aromatic N) is 1. The van der Waals surface area contributed by atoms with Gasteiger partial charge in [0.05, 0.1) is 0 Å². The molecule has 0 spiro atoms. The van der Waals surface area contributed by atoms with Crippen LogP contribution in [0.1, 0.15) is 23.1 Å². The average molecular weight is 281 g/mol. The number of benzene rings is 1. The first-order valence-electron chi connectivity index (χ1n) is 7.21. The highest BCUT2D eigenvalue weighted by molar-refractivity contribution is 5.85. The molecule has 0 aliphatic carbocycles. The van der Waals surface area contributed by atoms with Crippen LogP contribution in [-0.2, 0) is 6.54 Å². The van der Waals surface area contributed by atoms with E-state index < -0.39 is 0 Å². The third kappa shape index (κ3) is 3.31. The molecule has 2 saturated heterocycles. The van der Waals surface area contributed by atoms with Crippen molar-refractivity contribution in [2.75, 3.05) is 26.2 Å². The van der Waals surface area contributed by atoms with Crippen molar-refractivity contribution >= 4 is 12.4 Å². The second-order valence-electron chi connectivity index (χ2n) is 6.13. The van der Waals surface area contributed by atoms with Gasteiger partial charge in [0.1, 0.15) is 0 Å². The number of aryl methyl sites for hydroxylation is 2. The summed E-state index contributed by atoms with van der Waals surface area (Å²) in [6, 6.07) is 6.86. The Balaban J connectivity index is 0.00000133. The van der Waals surface area contributed by atoms with Gasteiger partial charge < -0.3 is 5.32 Å². The number of likely N-dealkylation sites (tertiary alicyclic amines) is 1. The lowest BCUT2D eigenvalue weighted by atomic mass is 9.88. The SMILES string of the molecule is Cc1ccc(CN2CCC3CNCC3C2)c(C)c1.Cl. The fraction of sp³-hybridized carbons (Fsp3) is 0.625. The first kappa shape index (κ1) is 14.8. The predicted molar refractivity (Wildman–Crippen MR) is 82.9 cm³/mol. The fourth-order valence-corrected chi connectivity index (χ4v) is 3.52. The van der Waals surface area contributed by atoms with E-state index in [9.17, 15) is 0 Å². The standard InChI is InChI=1S/C16H24N2.ClH/c1-12-3-4-15(13(2)7-12)10-18-6-5-14-8-17-9-16(14)11-18;/h3-4,7,14,16-17H,5-6,8-11H2,1-2H3;1H. The van der Waals surface area contributed by atoms with Gasteiger partial charge in [-0.15, -0.1) is 12.4 Å². The van der Waals surface area contributed by atoms with Gasteiger partial charge in [0.15, 0.2) is 0 Å². The lowest BCUT2D eigenvalue weighted by molar-refractivity contribution is 0.142. The Labute approximate surface area is 123 Å². The summed E-state index contributed by atoms with van der Waals surface area (Å²) >= 11 is 0. The van der Waals surface area contributed by atoms with Crippen molar-refractivity contribution in [3.8, 4) is 0 Å². The Morgan fingerprint density at radius 1 is 1.21 bits per heavy atom. The zero-order chi connectivity index (χ0) is 12.5. The average Bonchev–Trinajstić information content (AvgIpc) is 2.80. The van der Waals surface area contributed by atoms with E-state index >= 15 is 0 Å². The summed E-state index contributed by atoms with van der Waals surface area (Å²) in [6.45, 7) is 10.6. The first-order valence-corrected chi connectivity index (χ1v) is 7.21.